The van der Waals surface area contributed by atoms with Crippen molar-refractivity contribution in [3.8, 4) is 0 Å². The van der Waals surface area contributed by atoms with Gasteiger partial charge < -0.3 is 15.7 Å². The SMILES string of the molecule is CC(Sc1cccc(NC(=O)C2CC=CCC2C(=O)O)c1)C(=O)Nc1nc2ccccc2s1. The number of nitrogens with zero attached hydrogens (tertiary/aromatic N) is 1. The molecule has 0 bridgehead atoms. The first-order valence-electron chi connectivity index (χ1n) is 10.5. The average molecular weight is 482 g/mol. The van der Waals surface area contributed by atoms with Gasteiger partial charge in [-0.3, -0.25) is 14.4 Å². The van der Waals surface area contributed by atoms with E-state index in [4.69, 9.17) is 0 Å². The minimum absolute atomic E-state index is 0.160. The maximum Gasteiger partial charge on any atom is 0.307 e. The van der Waals surface area contributed by atoms with Crippen molar-refractivity contribution in [1.82, 2.24) is 4.98 Å². The van der Waals surface area contributed by atoms with E-state index in [1.165, 1.54) is 23.1 Å². The van der Waals surface area contributed by atoms with Crippen molar-refractivity contribution in [2.24, 2.45) is 11.8 Å². The summed E-state index contributed by atoms with van der Waals surface area (Å²) in [5.74, 6) is -2.76. The molecule has 3 atom stereocenters. The van der Waals surface area contributed by atoms with Crippen molar-refractivity contribution in [2.75, 3.05) is 10.6 Å². The quantitative estimate of drug-likeness (QED) is 0.323. The highest BCUT2D eigenvalue weighted by Crippen LogP contribution is 2.30. The number of aliphatic carboxylic acids is 1. The van der Waals surface area contributed by atoms with E-state index >= 15 is 0 Å². The van der Waals surface area contributed by atoms with Gasteiger partial charge in [0.25, 0.3) is 0 Å². The van der Waals surface area contributed by atoms with Crippen molar-refractivity contribution in [3.05, 3.63) is 60.7 Å². The van der Waals surface area contributed by atoms with Crippen LogP contribution in [0.4, 0.5) is 10.8 Å². The van der Waals surface area contributed by atoms with Gasteiger partial charge in [-0.2, -0.15) is 0 Å². The third-order valence-corrected chi connectivity index (χ3v) is 7.44. The molecule has 3 unspecified atom stereocenters. The van der Waals surface area contributed by atoms with Crippen LogP contribution in [0.2, 0.25) is 0 Å². The van der Waals surface area contributed by atoms with Crippen LogP contribution in [0.25, 0.3) is 10.2 Å². The number of thioether (sulfide) groups is 1. The number of hydrogen-bond acceptors (Lipinski definition) is 6. The Hall–Kier alpha value is -3.17. The minimum Gasteiger partial charge on any atom is -0.481 e. The van der Waals surface area contributed by atoms with Crippen LogP contribution in [0.5, 0.6) is 0 Å². The number of hydrogen-bond donors (Lipinski definition) is 3. The van der Waals surface area contributed by atoms with Gasteiger partial charge in [-0.15, -0.1) is 11.8 Å². The molecule has 0 saturated carbocycles. The van der Waals surface area contributed by atoms with Crippen LogP contribution in [-0.4, -0.2) is 33.1 Å². The average Bonchev–Trinajstić information content (AvgIpc) is 3.21. The summed E-state index contributed by atoms with van der Waals surface area (Å²) >= 11 is 2.80. The van der Waals surface area contributed by atoms with Gasteiger partial charge in [0, 0.05) is 10.6 Å². The molecule has 1 aromatic heterocycles. The lowest BCUT2D eigenvalue weighted by Gasteiger charge is -2.24. The highest BCUT2D eigenvalue weighted by molar-refractivity contribution is 8.00. The lowest BCUT2D eigenvalue weighted by Crippen LogP contribution is -2.34. The molecular formula is C24H23N3O4S2. The molecular weight excluding hydrogens is 458 g/mol. The number of carbonyl (C=O) groups is 3. The topological polar surface area (TPSA) is 108 Å². The smallest absolute Gasteiger partial charge is 0.307 e. The summed E-state index contributed by atoms with van der Waals surface area (Å²) in [5.41, 5.74) is 1.42. The first-order chi connectivity index (χ1) is 15.9. The lowest BCUT2D eigenvalue weighted by atomic mass is 9.82. The number of para-hydroxylation sites is 1. The van der Waals surface area contributed by atoms with Crippen LogP contribution >= 0.6 is 23.1 Å². The molecule has 1 heterocycles. The fourth-order valence-corrected chi connectivity index (χ4v) is 5.44. The van der Waals surface area contributed by atoms with Crippen molar-refractivity contribution in [1.29, 1.82) is 0 Å². The number of carbonyl (C=O) groups excluding carboxylic acids is 2. The van der Waals surface area contributed by atoms with Crippen LogP contribution in [0.1, 0.15) is 19.8 Å². The number of benzene rings is 2. The predicted molar refractivity (Wildman–Crippen MR) is 132 cm³/mol. The fourth-order valence-electron chi connectivity index (χ4n) is 3.65. The van der Waals surface area contributed by atoms with Gasteiger partial charge in [0.2, 0.25) is 11.8 Å². The highest BCUT2D eigenvalue weighted by Gasteiger charge is 2.34. The predicted octanol–water partition coefficient (Wildman–Crippen LogP) is 5.02. The Bertz CT molecular complexity index is 1190. The van der Waals surface area contributed by atoms with E-state index in [1.807, 2.05) is 43.3 Å². The van der Waals surface area contributed by atoms with E-state index in [1.54, 1.807) is 24.3 Å². The van der Waals surface area contributed by atoms with Crippen molar-refractivity contribution in [3.63, 3.8) is 0 Å². The molecule has 2 amide bonds. The van der Waals surface area contributed by atoms with E-state index in [2.05, 4.69) is 15.6 Å². The molecule has 1 aliphatic carbocycles. The molecule has 1 aliphatic rings. The Morgan fingerprint density at radius 2 is 1.82 bits per heavy atom. The second-order valence-electron chi connectivity index (χ2n) is 7.75. The van der Waals surface area contributed by atoms with Gasteiger partial charge >= 0.3 is 5.97 Å². The van der Waals surface area contributed by atoms with E-state index in [0.717, 1.165) is 15.1 Å². The van der Waals surface area contributed by atoms with Crippen LogP contribution in [-0.2, 0) is 14.4 Å². The molecule has 3 N–H and O–H groups in total. The van der Waals surface area contributed by atoms with Crippen molar-refractivity contribution < 1.29 is 19.5 Å². The molecule has 0 radical (unpaired) electrons. The summed E-state index contributed by atoms with van der Waals surface area (Å²) in [5, 5.41) is 15.3. The molecule has 0 saturated heterocycles. The standard InChI is InChI=1S/C24H23N3O4S2/c1-14(21(28)27-24-26-19-11-4-5-12-20(19)33-24)32-16-8-6-7-15(13-16)25-22(29)17-9-2-3-10-18(17)23(30)31/h2-8,11-14,17-18H,9-10H2,1H3,(H,25,29)(H,30,31)(H,26,27,28). The minimum atomic E-state index is -0.961. The number of nitrogens with one attached hydrogen (secondary N) is 2. The van der Waals surface area contributed by atoms with Crippen LogP contribution in [0.15, 0.2) is 65.6 Å². The number of aromatic nitrogens is 1. The Kier molecular flexibility index (Phi) is 7.10. The van der Waals surface area contributed by atoms with Gasteiger partial charge in [0.05, 0.1) is 27.3 Å². The monoisotopic (exact) mass is 481 g/mol. The fraction of sp³-hybridized carbons (Fsp3) is 0.250. The first kappa shape index (κ1) is 23.0. The Balaban J connectivity index is 1.37. The number of allylic oxidation sites excluding steroid dienone is 2. The Labute approximate surface area is 199 Å². The molecule has 33 heavy (non-hydrogen) atoms. The molecule has 2 aromatic carbocycles. The second kappa shape index (κ2) is 10.2. The van der Waals surface area contributed by atoms with Crippen molar-refractivity contribution in [2.45, 2.75) is 29.9 Å². The summed E-state index contributed by atoms with van der Waals surface area (Å²) in [6, 6.07) is 14.9. The molecule has 0 aliphatic heterocycles. The number of carboxylic acids is 1. The molecule has 4 rings (SSSR count). The lowest BCUT2D eigenvalue weighted by molar-refractivity contribution is -0.146. The second-order valence-corrected chi connectivity index (χ2v) is 10.2. The van der Waals surface area contributed by atoms with Gasteiger partial charge in [0.15, 0.2) is 5.13 Å². The van der Waals surface area contributed by atoms with Crippen LogP contribution in [0, 0.1) is 11.8 Å². The molecule has 3 aromatic rings. The summed E-state index contributed by atoms with van der Waals surface area (Å²) in [6.07, 6.45) is 4.41. The maximum atomic E-state index is 12.7. The highest BCUT2D eigenvalue weighted by atomic mass is 32.2. The van der Waals surface area contributed by atoms with Crippen molar-refractivity contribution >= 4 is 61.9 Å². The van der Waals surface area contributed by atoms with Gasteiger partial charge in [-0.05, 0) is 50.1 Å². The molecule has 0 spiro atoms. The summed E-state index contributed by atoms with van der Waals surface area (Å²) in [7, 11) is 0. The summed E-state index contributed by atoms with van der Waals surface area (Å²) in [6.45, 7) is 1.81. The van der Waals surface area contributed by atoms with Crippen LogP contribution < -0.4 is 10.6 Å². The van der Waals surface area contributed by atoms with E-state index < -0.39 is 17.8 Å². The number of thiazole rings is 1. The first-order valence-corrected chi connectivity index (χ1v) is 12.2. The molecule has 9 heteroatoms. The van der Waals surface area contributed by atoms with Gasteiger partial charge in [-0.1, -0.05) is 41.7 Å². The largest absolute Gasteiger partial charge is 0.481 e. The van der Waals surface area contributed by atoms with E-state index in [-0.39, 0.29) is 17.1 Å². The van der Waals surface area contributed by atoms with Gasteiger partial charge in [-0.25, -0.2) is 4.98 Å². The summed E-state index contributed by atoms with van der Waals surface area (Å²) < 4.78 is 1.01. The third kappa shape index (κ3) is 5.61. The number of rotatable bonds is 7. The van der Waals surface area contributed by atoms with E-state index in [9.17, 15) is 19.5 Å². The number of amides is 2. The Morgan fingerprint density at radius 1 is 1.06 bits per heavy atom. The molecule has 7 nitrogen and oxygen atoms in total. The molecule has 170 valence electrons. The zero-order valence-electron chi connectivity index (χ0n) is 17.9. The Morgan fingerprint density at radius 3 is 2.58 bits per heavy atom. The van der Waals surface area contributed by atoms with Crippen LogP contribution in [0.3, 0.4) is 0 Å². The normalized spacial score (nSPS) is 18.6. The molecule has 0 fully saturated rings. The number of anilines is 2. The zero-order valence-corrected chi connectivity index (χ0v) is 19.5. The van der Waals surface area contributed by atoms with Gasteiger partial charge in [0.1, 0.15) is 0 Å². The zero-order chi connectivity index (χ0) is 23.4. The summed E-state index contributed by atoms with van der Waals surface area (Å²) in [4.78, 5) is 42.1. The number of carboxylic acid groups (broad SMARTS) is 1. The maximum absolute atomic E-state index is 12.7. The van der Waals surface area contributed by atoms with E-state index in [0.29, 0.717) is 23.7 Å². The third-order valence-electron chi connectivity index (χ3n) is 5.39. The number of fused-ring (bicyclic) bond motifs is 1.